The third-order valence-electron chi connectivity index (χ3n) is 3.91. The Hall–Kier alpha value is -0.0500. The van der Waals surface area contributed by atoms with Crippen LogP contribution in [0, 0.1) is 11.3 Å². The molecule has 0 spiro atoms. The molecular formula is C11H19ClN2. The van der Waals surface area contributed by atoms with E-state index in [0.717, 1.165) is 30.6 Å². The van der Waals surface area contributed by atoms with E-state index in [9.17, 15) is 0 Å². The van der Waals surface area contributed by atoms with Crippen LogP contribution in [0.4, 0.5) is 0 Å². The lowest BCUT2D eigenvalue weighted by molar-refractivity contribution is 0.258. The normalized spacial score (nSPS) is 37.4. The molecule has 2 atom stereocenters. The van der Waals surface area contributed by atoms with Gasteiger partial charge in [-0.3, -0.25) is 4.90 Å². The molecule has 2 aliphatic rings. The molecule has 1 saturated carbocycles. The molecule has 0 bridgehead atoms. The zero-order chi connectivity index (χ0) is 10.2. The Balaban J connectivity index is 2.01. The highest BCUT2D eigenvalue weighted by molar-refractivity contribution is 6.29. The smallest absolute Gasteiger partial charge is 0.0336 e. The Kier molecular flexibility index (Phi) is 2.87. The van der Waals surface area contributed by atoms with Gasteiger partial charge in [0.2, 0.25) is 0 Å². The van der Waals surface area contributed by atoms with E-state index < -0.39 is 0 Å². The van der Waals surface area contributed by atoms with Gasteiger partial charge in [0.1, 0.15) is 0 Å². The first kappa shape index (κ1) is 10.5. The van der Waals surface area contributed by atoms with Crippen molar-refractivity contribution in [3.63, 3.8) is 0 Å². The van der Waals surface area contributed by atoms with Crippen molar-refractivity contribution in [3.05, 3.63) is 11.6 Å². The number of nitrogens with zero attached hydrogens (tertiary/aromatic N) is 1. The van der Waals surface area contributed by atoms with E-state index in [4.69, 9.17) is 17.3 Å². The lowest BCUT2D eigenvalue weighted by Crippen LogP contribution is -2.35. The number of likely N-dealkylation sites (tertiary alicyclic amines) is 1. The van der Waals surface area contributed by atoms with Crippen LogP contribution in [0.2, 0.25) is 0 Å². The molecule has 1 aliphatic heterocycles. The second kappa shape index (κ2) is 3.84. The predicted molar refractivity (Wildman–Crippen MR) is 60.3 cm³/mol. The van der Waals surface area contributed by atoms with Crippen molar-refractivity contribution in [1.29, 1.82) is 0 Å². The summed E-state index contributed by atoms with van der Waals surface area (Å²) >= 11 is 5.84. The highest BCUT2D eigenvalue weighted by atomic mass is 35.5. The third-order valence-corrected chi connectivity index (χ3v) is 4.03. The fourth-order valence-corrected chi connectivity index (χ4v) is 3.39. The topological polar surface area (TPSA) is 29.3 Å². The van der Waals surface area contributed by atoms with Gasteiger partial charge in [0, 0.05) is 24.7 Å². The van der Waals surface area contributed by atoms with E-state index in [1.165, 1.54) is 25.8 Å². The van der Waals surface area contributed by atoms with Crippen LogP contribution in [-0.2, 0) is 0 Å². The summed E-state index contributed by atoms with van der Waals surface area (Å²) in [4.78, 5) is 2.41. The van der Waals surface area contributed by atoms with Crippen LogP contribution in [-0.4, -0.2) is 31.1 Å². The van der Waals surface area contributed by atoms with Crippen molar-refractivity contribution < 1.29 is 0 Å². The van der Waals surface area contributed by atoms with Gasteiger partial charge in [0.05, 0.1) is 0 Å². The Morgan fingerprint density at radius 1 is 1.64 bits per heavy atom. The number of nitrogens with two attached hydrogens (primary N) is 1. The zero-order valence-corrected chi connectivity index (χ0v) is 9.39. The predicted octanol–water partition coefficient (Wildman–Crippen LogP) is 1.80. The summed E-state index contributed by atoms with van der Waals surface area (Å²) in [6.45, 7) is 7.72. The van der Waals surface area contributed by atoms with Crippen LogP contribution in [0.1, 0.15) is 19.3 Å². The van der Waals surface area contributed by atoms with Gasteiger partial charge in [-0.05, 0) is 30.7 Å². The first-order valence-corrected chi connectivity index (χ1v) is 5.80. The minimum absolute atomic E-state index is 0.409. The molecule has 14 heavy (non-hydrogen) atoms. The van der Waals surface area contributed by atoms with E-state index in [0.29, 0.717) is 5.41 Å². The Labute approximate surface area is 91.1 Å². The second-order valence-corrected chi connectivity index (χ2v) is 5.38. The number of fused-ring (bicyclic) bond motifs is 1. The summed E-state index contributed by atoms with van der Waals surface area (Å²) in [7, 11) is 0. The van der Waals surface area contributed by atoms with Gasteiger partial charge in [0.15, 0.2) is 0 Å². The maximum Gasteiger partial charge on any atom is 0.0336 e. The van der Waals surface area contributed by atoms with Crippen LogP contribution in [0.5, 0.6) is 0 Å². The molecule has 0 radical (unpaired) electrons. The molecule has 3 heteroatoms. The van der Waals surface area contributed by atoms with Gasteiger partial charge in [-0.15, -0.1) is 0 Å². The van der Waals surface area contributed by atoms with Crippen LogP contribution < -0.4 is 5.73 Å². The Morgan fingerprint density at radius 2 is 2.43 bits per heavy atom. The van der Waals surface area contributed by atoms with Gasteiger partial charge in [-0.25, -0.2) is 0 Å². The Bertz CT molecular complexity index is 241. The minimum Gasteiger partial charge on any atom is -0.330 e. The number of halogens is 1. The summed E-state index contributed by atoms with van der Waals surface area (Å²) in [5.41, 5.74) is 6.33. The molecule has 2 unspecified atom stereocenters. The molecular weight excluding hydrogens is 196 g/mol. The van der Waals surface area contributed by atoms with Crippen LogP contribution in [0.15, 0.2) is 11.6 Å². The van der Waals surface area contributed by atoms with Gasteiger partial charge < -0.3 is 5.73 Å². The first-order chi connectivity index (χ1) is 6.66. The summed E-state index contributed by atoms with van der Waals surface area (Å²) in [5.74, 6) is 0.809. The van der Waals surface area contributed by atoms with E-state index in [1.54, 1.807) is 0 Å². The SMILES string of the molecule is C=C(Cl)CN1CC2CCCC2(CN)C1. The zero-order valence-electron chi connectivity index (χ0n) is 8.64. The fraction of sp³-hybridized carbons (Fsp3) is 0.818. The third kappa shape index (κ3) is 1.71. The van der Waals surface area contributed by atoms with Gasteiger partial charge in [-0.2, -0.15) is 0 Å². The van der Waals surface area contributed by atoms with E-state index in [-0.39, 0.29) is 0 Å². The highest BCUT2D eigenvalue weighted by Gasteiger charge is 2.48. The number of rotatable bonds is 3. The molecule has 0 aromatic heterocycles. The van der Waals surface area contributed by atoms with Crippen molar-refractivity contribution >= 4 is 11.6 Å². The van der Waals surface area contributed by atoms with Crippen LogP contribution in [0.25, 0.3) is 0 Å². The first-order valence-electron chi connectivity index (χ1n) is 5.42. The number of hydrogen-bond acceptors (Lipinski definition) is 2. The molecule has 2 fully saturated rings. The molecule has 2 rings (SSSR count). The highest BCUT2D eigenvalue weighted by Crippen LogP contribution is 2.47. The maximum atomic E-state index is 5.92. The maximum absolute atomic E-state index is 5.92. The average Bonchev–Trinajstić information content (AvgIpc) is 2.59. The molecule has 1 aliphatic carbocycles. The van der Waals surface area contributed by atoms with Crippen molar-refractivity contribution in [3.8, 4) is 0 Å². The molecule has 1 heterocycles. The monoisotopic (exact) mass is 214 g/mol. The average molecular weight is 215 g/mol. The van der Waals surface area contributed by atoms with Crippen LogP contribution >= 0.6 is 11.6 Å². The molecule has 2 N–H and O–H groups in total. The van der Waals surface area contributed by atoms with E-state index >= 15 is 0 Å². The number of hydrogen-bond donors (Lipinski definition) is 1. The van der Waals surface area contributed by atoms with Crippen molar-refractivity contribution in [1.82, 2.24) is 4.90 Å². The van der Waals surface area contributed by atoms with Gasteiger partial charge in [0.25, 0.3) is 0 Å². The van der Waals surface area contributed by atoms with Crippen LogP contribution in [0.3, 0.4) is 0 Å². The summed E-state index contributed by atoms with van der Waals surface area (Å²) in [5, 5.41) is 0.747. The van der Waals surface area contributed by atoms with E-state index in [2.05, 4.69) is 11.5 Å². The summed E-state index contributed by atoms with van der Waals surface area (Å²) in [6, 6.07) is 0. The van der Waals surface area contributed by atoms with E-state index in [1.807, 2.05) is 0 Å². The summed E-state index contributed by atoms with van der Waals surface area (Å²) in [6.07, 6.45) is 4.01. The molecule has 1 saturated heterocycles. The van der Waals surface area contributed by atoms with Crippen molar-refractivity contribution in [2.75, 3.05) is 26.2 Å². The largest absolute Gasteiger partial charge is 0.330 e. The van der Waals surface area contributed by atoms with Gasteiger partial charge in [-0.1, -0.05) is 24.6 Å². The second-order valence-electron chi connectivity index (χ2n) is 4.84. The van der Waals surface area contributed by atoms with Gasteiger partial charge >= 0.3 is 0 Å². The Morgan fingerprint density at radius 3 is 3.00 bits per heavy atom. The molecule has 2 nitrogen and oxygen atoms in total. The molecule has 0 amide bonds. The van der Waals surface area contributed by atoms with Crippen molar-refractivity contribution in [2.45, 2.75) is 19.3 Å². The quantitative estimate of drug-likeness (QED) is 0.777. The lowest BCUT2D eigenvalue weighted by Gasteiger charge is -2.26. The standard InChI is InChI=1S/C11H19ClN2/c1-9(12)5-14-6-10-3-2-4-11(10,7-13)8-14/h10H,1-8,13H2. The minimum atomic E-state index is 0.409. The fourth-order valence-electron chi connectivity index (χ4n) is 3.22. The summed E-state index contributed by atoms with van der Waals surface area (Å²) < 4.78 is 0. The lowest BCUT2D eigenvalue weighted by atomic mass is 9.81. The van der Waals surface area contributed by atoms with Crippen molar-refractivity contribution in [2.24, 2.45) is 17.1 Å². The molecule has 0 aromatic carbocycles. The molecule has 0 aromatic rings. The molecule has 80 valence electrons.